The standard InChI is InChI=1S/C14H18N4O2S/c1-9(2)20-13-6-11(21-17-14(15)19)4-5-12(13)18-7-10(3)16-8-18/h4-9H,1-3H3,(H3,15,17,19). The molecule has 2 amide bonds. The van der Waals surface area contributed by atoms with E-state index in [4.69, 9.17) is 10.5 Å². The molecule has 0 bridgehead atoms. The number of imidazole rings is 1. The van der Waals surface area contributed by atoms with Crippen molar-refractivity contribution in [3.05, 3.63) is 36.4 Å². The maximum Gasteiger partial charge on any atom is 0.322 e. The molecule has 0 aliphatic rings. The highest BCUT2D eigenvalue weighted by atomic mass is 32.2. The van der Waals surface area contributed by atoms with Crippen LogP contribution in [-0.4, -0.2) is 21.7 Å². The van der Waals surface area contributed by atoms with Crippen LogP contribution in [-0.2, 0) is 0 Å². The first kappa shape index (κ1) is 15.2. The fourth-order valence-electron chi connectivity index (χ4n) is 1.78. The van der Waals surface area contributed by atoms with Crippen molar-refractivity contribution in [2.24, 2.45) is 5.73 Å². The predicted molar refractivity (Wildman–Crippen MR) is 82.6 cm³/mol. The lowest BCUT2D eigenvalue weighted by atomic mass is 10.3. The van der Waals surface area contributed by atoms with Crippen LogP contribution in [0.2, 0.25) is 0 Å². The number of carbonyl (C=O) groups excluding carboxylic acids is 1. The van der Waals surface area contributed by atoms with Gasteiger partial charge in [0.15, 0.2) is 0 Å². The summed E-state index contributed by atoms with van der Waals surface area (Å²) in [5, 5.41) is 0. The summed E-state index contributed by atoms with van der Waals surface area (Å²) >= 11 is 1.15. The lowest BCUT2D eigenvalue weighted by molar-refractivity contribution is 0.241. The Labute approximate surface area is 127 Å². The number of urea groups is 1. The van der Waals surface area contributed by atoms with Crippen molar-refractivity contribution >= 4 is 18.0 Å². The van der Waals surface area contributed by atoms with E-state index >= 15 is 0 Å². The minimum atomic E-state index is -0.583. The van der Waals surface area contributed by atoms with Gasteiger partial charge in [0.2, 0.25) is 0 Å². The molecular weight excluding hydrogens is 288 g/mol. The number of rotatable bonds is 5. The summed E-state index contributed by atoms with van der Waals surface area (Å²) in [6, 6.07) is 5.09. The number of amides is 2. The first-order valence-electron chi connectivity index (χ1n) is 6.49. The molecule has 2 rings (SSSR count). The van der Waals surface area contributed by atoms with Crippen molar-refractivity contribution < 1.29 is 9.53 Å². The highest BCUT2D eigenvalue weighted by Gasteiger charge is 2.10. The van der Waals surface area contributed by atoms with Gasteiger partial charge in [-0.2, -0.15) is 0 Å². The van der Waals surface area contributed by atoms with E-state index in [2.05, 4.69) is 9.71 Å². The van der Waals surface area contributed by atoms with E-state index in [1.807, 2.05) is 49.7 Å². The summed E-state index contributed by atoms with van der Waals surface area (Å²) in [5.41, 5.74) is 6.89. The van der Waals surface area contributed by atoms with Gasteiger partial charge >= 0.3 is 6.03 Å². The molecule has 0 aliphatic heterocycles. The summed E-state index contributed by atoms with van der Waals surface area (Å²) in [6.45, 7) is 5.86. The molecule has 1 aromatic carbocycles. The maximum atomic E-state index is 10.8. The third-order valence-corrected chi connectivity index (χ3v) is 3.35. The van der Waals surface area contributed by atoms with Crippen LogP contribution in [0.4, 0.5) is 4.79 Å². The zero-order valence-corrected chi connectivity index (χ0v) is 13.0. The van der Waals surface area contributed by atoms with Crippen LogP contribution in [0.15, 0.2) is 35.6 Å². The van der Waals surface area contributed by atoms with E-state index in [9.17, 15) is 4.79 Å². The molecule has 0 saturated carbocycles. The second-order valence-electron chi connectivity index (χ2n) is 4.79. The van der Waals surface area contributed by atoms with Crippen LogP contribution >= 0.6 is 11.9 Å². The molecule has 21 heavy (non-hydrogen) atoms. The summed E-state index contributed by atoms with van der Waals surface area (Å²) in [4.78, 5) is 15.8. The Bertz CT molecular complexity index is 640. The number of nitrogens with one attached hydrogen (secondary N) is 1. The van der Waals surface area contributed by atoms with Gasteiger partial charge in [-0.1, -0.05) is 0 Å². The molecule has 0 atom stereocenters. The number of hydrogen-bond acceptors (Lipinski definition) is 4. The minimum Gasteiger partial charge on any atom is -0.489 e. The van der Waals surface area contributed by atoms with E-state index in [-0.39, 0.29) is 6.10 Å². The minimum absolute atomic E-state index is 0.0396. The zero-order valence-electron chi connectivity index (χ0n) is 12.2. The largest absolute Gasteiger partial charge is 0.489 e. The van der Waals surface area contributed by atoms with E-state index in [1.165, 1.54) is 0 Å². The second kappa shape index (κ2) is 6.53. The quantitative estimate of drug-likeness (QED) is 0.832. The van der Waals surface area contributed by atoms with Gasteiger partial charge in [0.05, 0.1) is 23.8 Å². The van der Waals surface area contributed by atoms with E-state index < -0.39 is 6.03 Å². The third kappa shape index (κ3) is 4.16. The Morgan fingerprint density at radius 1 is 1.48 bits per heavy atom. The number of nitrogens with zero attached hydrogens (tertiary/aromatic N) is 2. The number of carbonyl (C=O) groups is 1. The van der Waals surface area contributed by atoms with Crippen molar-refractivity contribution in [2.75, 3.05) is 0 Å². The average molecular weight is 306 g/mol. The smallest absolute Gasteiger partial charge is 0.322 e. The Balaban J connectivity index is 2.33. The van der Waals surface area contributed by atoms with Crippen LogP contribution in [0.1, 0.15) is 19.5 Å². The molecule has 1 aromatic heterocycles. The van der Waals surface area contributed by atoms with Crippen LogP contribution in [0.3, 0.4) is 0 Å². The molecule has 0 fully saturated rings. The van der Waals surface area contributed by atoms with Crippen molar-refractivity contribution in [3.63, 3.8) is 0 Å². The normalized spacial score (nSPS) is 10.7. The molecule has 2 aromatic rings. The van der Waals surface area contributed by atoms with Gasteiger partial charge < -0.3 is 15.0 Å². The topological polar surface area (TPSA) is 82.2 Å². The number of ether oxygens (including phenoxy) is 1. The van der Waals surface area contributed by atoms with E-state index in [0.717, 1.165) is 34.0 Å². The zero-order chi connectivity index (χ0) is 15.4. The SMILES string of the molecule is Cc1cn(-c2ccc(SNC(N)=O)cc2OC(C)C)cn1. The van der Waals surface area contributed by atoms with Gasteiger partial charge in [-0.3, -0.25) is 4.72 Å². The van der Waals surface area contributed by atoms with Crippen molar-refractivity contribution in [1.82, 2.24) is 14.3 Å². The number of primary amides is 1. The summed E-state index contributed by atoms with van der Waals surface area (Å²) < 4.78 is 10.2. The summed E-state index contributed by atoms with van der Waals surface area (Å²) in [6.07, 6.45) is 3.71. The second-order valence-corrected chi connectivity index (χ2v) is 5.67. The molecular formula is C14H18N4O2S. The van der Waals surface area contributed by atoms with E-state index in [1.54, 1.807) is 6.33 Å². The average Bonchev–Trinajstić information content (AvgIpc) is 2.82. The van der Waals surface area contributed by atoms with Crippen molar-refractivity contribution in [1.29, 1.82) is 0 Å². The summed E-state index contributed by atoms with van der Waals surface area (Å²) in [7, 11) is 0. The first-order chi connectivity index (χ1) is 9.95. The monoisotopic (exact) mass is 306 g/mol. The molecule has 112 valence electrons. The molecule has 3 N–H and O–H groups in total. The van der Waals surface area contributed by atoms with Gasteiger partial charge in [-0.05, 0) is 50.9 Å². The Kier molecular flexibility index (Phi) is 4.74. The van der Waals surface area contributed by atoms with Crippen LogP contribution in [0.25, 0.3) is 5.69 Å². The van der Waals surface area contributed by atoms with E-state index in [0.29, 0.717) is 0 Å². The molecule has 0 aliphatic carbocycles. The highest BCUT2D eigenvalue weighted by Crippen LogP contribution is 2.29. The van der Waals surface area contributed by atoms with Crippen LogP contribution < -0.4 is 15.2 Å². The van der Waals surface area contributed by atoms with Crippen LogP contribution in [0, 0.1) is 6.92 Å². The summed E-state index contributed by atoms with van der Waals surface area (Å²) in [5.74, 6) is 0.721. The Morgan fingerprint density at radius 3 is 2.81 bits per heavy atom. The van der Waals surface area contributed by atoms with Crippen molar-refractivity contribution in [2.45, 2.75) is 31.8 Å². The van der Waals surface area contributed by atoms with Gasteiger partial charge in [-0.25, -0.2) is 9.78 Å². The van der Waals surface area contributed by atoms with Crippen molar-refractivity contribution in [3.8, 4) is 11.4 Å². The number of aromatic nitrogens is 2. The molecule has 7 heteroatoms. The number of benzene rings is 1. The van der Waals surface area contributed by atoms with Gasteiger partial charge in [0, 0.05) is 11.1 Å². The molecule has 0 saturated heterocycles. The third-order valence-electron chi connectivity index (χ3n) is 2.55. The Hall–Kier alpha value is -2.15. The molecule has 0 radical (unpaired) electrons. The molecule has 1 heterocycles. The van der Waals surface area contributed by atoms with Crippen LogP contribution in [0.5, 0.6) is 5.75 Å². The highest BCUT2D eigenvalue weighted by molar-refractivity contribution is 7.98. The first-order valence-corrected chi connectivity index (χ1v) is 7.31. The molecule has 0 unspecified atom stereocenters. The number of aryl methyl sites for hydroxylation is 1. The lowest BCUT2D eigenvalue weighted by Crippen LogP contribution is -2.22. The maximum absolute atomic E-state index is 10.8. The lowest BCUT2D eigenvalue weighted by Gasteiger charge is -2.16. The van der Waals surface area contributed by atoms with Gasteiger partial charge in [-0.15, -0.1) is 0 Å². The fourth-order valence-corrected chi connectivity index (χ4v) is 2.30. The number of hydrogen-bond donors (Lipinski definition) is 2. The Morgan fingerprint density at radius 2 is 2.24 bits per heavy atom. The molecule has 6 nitrogen and oxygen atoms in total. The van der Waals surface area contributed by atoms with Gasteiger partial charge in [0.25, 0.3) is 0 Å². The fraction of sp³-hybridized carbons (Fsp3) is 0.286. The number of nitrogens with two attached hydrogens (primary N) is 1. The predicted octanol–water partition coefficient (Wildman–Crippen LogP) is 2.64. The van der Waals surface area contributed by atoms with Gasteiger partial charge in [0.1, 0.15) is 5.75 Å². The molecule has 0 spiro atoms.